The van der Waals surface area contributed by atoms with Gasteiger partial charge in [-0.25, -0.2) is 13.8 Å². The number of carbonyl (C=O) groups excluding carboxylic acids is 1. The molecule has 0 atom stereocenters. The van der Waals surface area contributed by atoms with Gasteiger partial charge in [-0.1, -0.05) is 6.07 Å². The number of hydrogen-bond donors (Lipinski definition) is 2. The zero-order valence-electron chi connectivity index (χ0n) is 17.5. The van der Waals surface area contributed by atoms with Crippen molar-refractivity contribution in [3.05, 3.63) is 76.0 Å². The molecule has 3 heterocycles. The van der Waals surface area contributed by atoms with E-state index in [1.807, 2.05) is 13.8 Å². The molecule has 0 spiro atoms. The van der Waals surface area contributed by atoms with Crippen LogP contribution in [0.15, 0.2) is 30.5 Å². The Labute approximate surface area is 177 Å². The maximum Gasteiger partial charge on any atom is 0.274 e. The number of halogens is 2. The summed E-state index contributed by atoms with van der Waals surface area (Å²) in [5.41, 5.74) is 3.84. The second kappa shape index (κ2) is 7.82. The molecule has 3 aromatic heterocycles. The van der Waals surface area contributed by atoms with E-state index in [4.69, 9.17) is 4.74 Å². The molecular weight excluding hydrogens is 404 g/mol. The molecule has 0 unspecified atom stereocenters. The molecule has 0 saturated carbocycles. The first kappa shape index (κ1) is 20.5. The van der Waals surface area contributed by atoms with Crippen LogP contribution in [-0.4, -0.2) is 25.5 Å². The molecule has 9 heteroatoms. The fourth-order valence-electron chi connectivity index (χ4n) is 3.47. The maximum atomic E-state index is 14.0. The van der Waals surface area contributed by atoms with E-state index >= 15 is 0 Å². The number of aromatic nitrogens is 4. The van der Waals surface area contributed by atoms with Gasteiger partial charge in [0, 0.05) is 6.20 Å². The van der Waals surface area contributed by atoms with Crippen molar-refractivity contribution in [2.45, 2.75) is 34.3 Å². The van der Waals surface area contributed by atoms with Crippen LogP contribution in [-0.2, 0) is 6.61 Å². The first-order valence-electron chi connectivity index (χ1n) is 9.64. The summed E-state index contributed by atoms with van der Waals surface area (Å²) in [5.74, 6) is -1.40. The molecule has 31 heavy (non-hydrogen) atoms. The van der Waals surface area contributed by atoms with Crippen LogP contribution < -0.4 is 10.1 Å². The second-order valence-corrected chi connectivity index (χ2v) is 7.37. The summed E-state index contributed by atoms with van der Waals surface area (Å²) in [6.45, 7) is 6.84. The van der Waals surface area contributed by atoms with Crippen molar-refractivity contribution in [1.82, 2.24) is 19.6 Å². The Balaban J connectivity index is 1.71. The van der Waals surface area contributed by atoms with Crippen molar-refractivity contribution in [3.63, 3.8) is 0 Å². The summed E-state index contributed by atoms with van der Waals surface area (Å²) in [5, 5.41) is 9.79. The number of benzene rings is 1. The van der Waals surface area contributed by atoms with Gasteiger partial charge in [0.05, 0.1) is 28.3 Å². The highest BCUT2D eigenvalue weighted by molar-refractivity contribution is 6.05. The fourth-order valence-corrected chi connectivity index (χ4v) is 3.47. The predicted molar refractivity (Wildman–Crippen MR) is 111 cm³/mol. The Bertz CT molecular complexity index is 1270. The molecule has 0 aliphatic heterocycles. The Morgan fingerprint density at radius 2 is 1.87 bits per heavy atom. The third-order valence-electron chi connectivity index (χ3n) is 5.01. The molecule has 0 aliphatic carbocycles. The van der Waals surface area contributed by atoms with E-state index in [1.165, 1.54) is 18.2 Å². The summed E-state index contributed by atoms with van der Waals surface area (Å²) in [7, 11) is 0. The van der Waals surface area contributed by atoms with Crippen LogP contribution in [0.1, 0.15) is 38.7 Å². The van der Waals surface area contributed by atoms with Crippen LogP contribution in [0, 0.1) is 39.3 Å². The molecule has 160 valence electrons. The molecule has 1 amide bonds. The number of anilines is 1. The van der Waals surface area contributed by atoms with Crippen molar-refractivity contribution in [2.24, 2.45) is 0 Å². The van der Waals surface area contributed by atoms with E-state index in [-0.39, 0.29) is 18.1 Å². The van der Waals surface area contributed by atoms with E-state index < -0.39 is 11.6 Å². The number of imidazole rings is 1. The number of nitrogens with one attached hydrogen (secondary N) is 2. The first-order valence-corrected chi connectivity index (χ1v) is 9.64. The monoisotopic (exact) mass is 425 g/mol. The van der Waals surface area contributed by atoms with Gasteiger partial charge in [0.25, 0.3) is 5.91 Å². The lowest BCUT2D eigenvalue weighted by atomic mass is 10.2. The third kappa shape index (κ3) is 3.74. The average molecular weight is 425 g/mol. The summed E-state index contributed by atoms with van der Waals surface area (Å²) >= 11 is 0. The SMILES string of the molecule is Cc1cc(OCc2c(F)cccc2F)c2nc(C)c(C(=O)Nc3c(C)n[nH]c3C)n2c1. The van der Waals surface area contributed by atoms with E-state index in [0.717, 1.165) is 11.3 Å². The molecule has 0 aliphatic rings. The van der Waals surface area contributed by atoms with E-state index in [0.29, 0.717) is 34.2 Å². The average Bonchev–Trinajstić information content (AvgIpc) is 3.20. The number of aryl methyl sites for hydroxylation is 4. The van der Waals surface area contributed by atoms with Gasteiger partial charge in [-0.2, -0.15) is 5.10 Å². The lowest BCUT2D eigenvalue weighted by Crippen LogP contribution is -2.16. The van der Waals surface area contributed by atoms with Crippen LogP contribution in [0.4, 0.5) is 14.5 Å². The smallest absolute Gasteiger partial charge is 0.274 e. The van der Waals surface area contributed by atoms with E-state index in [9.17, 15) is 13.6 Å². The van der Waals surface area contributed by atoms with Crippen molar-refractivity contribution >= 4 is 17.2 Å². The number of ether oxygens (including phenoxy) is 1. The molecule has 4 aromatic rings. The minimum atomic E-state index is -0.686. The third-order valence-corrected chi connectivity index (χ3v) is 5.01. The first-order chi connectivity index (χ1) is 14.8. The minimum absolute atomic E-state index is 0.172. The molecular formula is C22H21F2N5O2. The summed E-state index contributed by atoms with van der Waals surface area (Å²) < 4.78 is 35.3. The van der Waals surface area contributed by atoms with Crippen LogP contribution in [0.2, 0.25) is 0 Å². The maximum absolute atomic E-state index is 14.0. The molecule has 1 aromatic carbocycles. The van der Waals surface area contributed by atoms with Gasteiger partial charge in [0.2, 0.25) is 0 Å². The Kier molecular flexibility index (Phi) is 5.18. The molecule has 0 fully saturated rings. The number of aromatic amines is 1. The van der Waals surface area contributed by atoms with Gasteiger partial charge >= 0.3 is 0 Å². The van der Waals surface area contributed by atoms with Crippen LogP contribution in [0.5, 0.6) is 5.75 Å². The topological polar surface area (TPSA) is 84.3 Å². The Morgan fingerprint density at radius 3 is 2.52 bits per heavy atom. The van der Waals surface area contributed by atoms with Crippen molar-refractivity contribution in [1.29, 1.82) is 0 Å². The Morgan fingerprint density at radius 1 is 1.16 bits per heavy atom. The number of H-pyrrole nitrogens is 1. The molecule has 2 N–H and O–H groups in total. The van der Waals surface area contributed by atoms with Crippen molar-refractivity contribution in [3.8, 4) is 5.75 Å². The molecule has 0 radical (unpaired) electrons. The molecule has 4 rings (SSSR count). The van der Waals surface area contributed by atoms with Gasteiger partial charge < -0.3 is 10.1 Å². The molecule has 0 saturated heterocycles. The number of pyridine rings is 1. The number of amides is 1. The van der Waals surface area contributed by atoms with Crippen LogP contribution in [0.3, 0.4) is 0 Å². The largest absolute Gasteiger partial charge is 0.485 e. The highest BCUT2D eigenvalue weighted by Crippen LogP contribution is 2.27. The highest BCUT2D eigenvalue weighted by atomic mass is 19.1. The normalized spacial score (nSPS) is 11.2. The lowest BCUT2D eigenvalue weighted by molar-refractivity contribution is 0.102. The number of rotatable bonds is 5. The summed E-state index contributed by atoms with van der Waals surface area (Å²) in [6.07, 6.45) is 1.76. The number of hydrogen-bond acceptors (Lipinski definition) is 4. The van der Waals surface area contributed by atoms with Gasteiger partial charge in [0.15, 0.2) is 11.4 Å². The standard InChI is InChI=1S/C22H21F2N5O2/c1-11-8-18(31-10-15-16(23)6-5-7-17(15)24)21-25-14(4)20(29(21)9-11)22(30)26-19-12(2)27-28-13(19)3/h5-9H,10H2,1-4H3,(H,26,30)(H,27,28). The zero-order chi connectivity index (χ0) is 22.3. The highest BCUT2D eigenvalue weighted by Gasteiger charge is 2.22. The zero-order valence-corrected chi connectivity index (χ0v) is 17.5. The van der Waals surface area contributed by atoms with Crippen molar-refractivity contribution in [2.75, 3.05) is 5.32 Å². The minimum Gasteiger partial charge on any atom is -0.485 e. The molecule has 7 nitrogen and oxygen atoms in total. The van der Waals surface area contributed by atoms with E-state index in [2.05, 4.69) is 20.5 Å². The second-order valence-electron chi connectivity index (χ2n) is 7.37. The number of nitrogens with zero attached hydrogens (tertiary/aromatic N) is 3. The number of fused-ring (bicyclic) bond motifs is 1. The van der Waals surface area contributed by atoms with Crippen LogP contribution >= 0.6 is 0 Å². The predicted octanol–water partition coefficient (Wildman–Crippen LogP) is 4.40. The summed E-state index contributed by atoms with van der Waals surface area (Å²) in [6, 6.07) is 5.36. The summed E-state index contributed by atoms with van der Waals surface area (Å²) in [4.78, 5) is 17.5. The van der Waals surface area contributed by atoms with Gasteiger partial charge in [-0.15, -0.1) is 0 Å². The van der Waals surface area contributed by atoms with Gasteiger partial charge in [-0.3, -0.25) is 14.3 Å². The number of carbonyl (C=O) groups is 1. The van der Waals surface area contributed by atoms with E-state index in [1.54, 1.807) is 30.5 Å². The van der Waals surface area contributed by atoms with Gasteiger partial charge in [0.1, 0.15) is 23.9 Å². The quantitative estimate of drug-likeness (QED) is 0.496. The van der Waals surface area contributed by atoms with Crippen LogP contribution in [0.25, 0.3) is 5.65 Å². The Hall–Kier alpha value is -3.75. The molecule has 0 bridgehead atoms. The lowest BCUT2D eigenvalue weighted by Gasteiger charge is -2.11. The van der Waals surface area contributed by atoms with Gasteiger partial charge in [-0.05, 0) is 51.5 Å². The fraction of sp³-hybridized carbons (Fsp3) is 0.227. The van der Waals surface area contributed by atoms with Crippen molar-refractivity contribution < 1.29 is 18.3 Å².